The van der Waals surface area contributed by atoms with E-state index in [1.54, 1.807) is 48.8 Å². The highest BCUT2D eigenvalue weighted by Gasteiger charge is 2.41. The molecule has 1 aromatic heterocycles. The van der Waals surface area contributed by atoms with Gasteiger partial charge in [-0.15, -0.1) is 0 Å². The van der Waals surface area contributed by atoms with E-state index in [4.69, 9.17) is 0 Å². The molecule has 0 unspecified atom stereocenters. The minimum absolute atomic E-state index is 0.167. The number of hydrogen-bond acceptors (Lipinski definition) is 5. The molecule has 0 bridgehead atoms. The van der Waals surface area contributed by atoms with Gasteiger partial charge in [0.15, 0.2) is 0 Å². The van der Waals surface area contributed by atoms with Gasteiger partial charge < -0.3 is 10.2 Å². The highest BCUT2D eigenvalue weighted by Crippen LogP contribution is 2.34. The molecule has 7 heteroatoms. The fraction of sp³-hybridized carbons (Fsp3) is 0.185. The Bertz CT molecular complexity index is 1220. The molecule has 0 saturated carbocycles. The summed E-state index contributed by atoms with van der Waals surface area (Å²) in [4.78, 5) is 45.9. The Kier molecular flexibility index (Phi) is 6.82. The van der Waals surface area contributed by atoms with Crippen molar-refractivity contribution < 1.29 is 14.4 Å². The first-order valence-corrected chi connectivity index (χ1v) is 11.1. The van der Waals surface area contributed by atoms with E-state index in [0.29, 0.717) is 35.6 Å². The number of amides is 3. The largest absolute Gasteiger partial charge is 0.362 e. The van der Waals surface area contributed by atoms with Crippen molar-refractivity contribution in [3.8, 4) is 0 Å². The van der Waals surface area contributed by atoms with Crippen molar-refractivity contribution in [1.29, 1.82) is 0 Å². The molecular weight excluding hydrogens is 428 g/mol. The minimum atomic E-state index is -0.337. The predicted octanol–water partition coefficient (Wildman–Crippen LogP) is 3.84. The number of hydrogen-bond donors (Lipinski definition) is 1. The molecule has 1 aliphatic rings. The monoisotopic (exact) mass is 454 g/mol. The lowest BCUT2D eigenvalue weighted by atomic mass is 10.0. The molecule has 34 heavy (non-hydrogen) atoms. The van der Waals surface area contributed by atoms with Crippen molar-refractivity contribution in [2.75, 3.05) is 11.9 Å². The molecule has 172 valence electrons. The molecule has 4 rings (SSSR count). The Labute approximate surface area is 198 Å². The van der Waals surface area contributed by atoms with Crippen molar-refractivity contribution >= 4 is 29.0 Å². The average Bonchev–Trinajstić information content (AvgIpc) is 3.09. The van der Waals surface area contributed by atoms with E-state index in [1.807, 2.05) is 42.2 Å². The average molecular weight is 455 g/mol. The molecule has 1 N–H and O–H groups in total. The standard InChI is InChI=1S/C27H26N4O3/c1-3-30(17-20-7-5-4-6-8-20)25-24(22-9-11-23(12-10-22)29-19(2)32)26(33)31(27(25)34)18-21-13-15-28-16-14-21/h4-16H,3,17-18H2,1-2H3,(H,29,32). The lowest BCUT2D eigenvalue weighted by Gasteiger charge is -2.25. The number of carbonyl (C=O) groups excluding carboxylic acids is 3. The molecule has 0 saturated heterocycles. The molecular formula is C27H26N4O3. The molecule has 0 spiro atoms. The molecule has 1 aliphatic heterocycles. The Morgan fingerprint density at radius 3 is 2.21 bits per heavy atom. The second kappa shape index (κ2) is 10.1. The first-order chi connectivity index (χ1) is 16.5. The zero-order valence-corrected chi connectivity index (χ0v) is 19.2. The maximum atomic E-state index is 13.6. The maximum Gasteiger partial charge on any atom is 0.278 e. The van der Waals surface area contributed by atoms with Crippen LogP contribution in [0.5, 0.6) is 0 Å². The Balaban J connectivity index is 1.74. The second-order valence-electron chi connectivity index (χ2n) is 8.03. The minimum Gasteiger partial charge on any atom is -0.362 e. The van der Waals surface area contributed by atoms with Gasteiger partial charge in [0.05, 0.1) is 12.1 Å². The van der Waals surface area contributed by atoms with Crippen LogP contribution in [0, 0.1) is 0 Å². The van der Waals surface area contributed by atoms with Crippen LogP contribution in [0.1, 0.15) is 30.5 Å². The zero-order valence-electron chi connectivity index (χ0n) is 19.2. The summed E-state index contributed by atoms with van der Waals surface area (Å²) < 4.78 is 0. The van der Waals surface area contributed by atoms with Crippen LogP contribution in [0.3, 0.4) is 0 Å². The molecule has 0 aliphatic carbocycles. The summed E-state index contributed by atoms with van der Waals surface area (Å²) in [6, 6.07) is 20.4. The summed E-state index contributed by atoms with van der Waals surface area (Å²) in [5, 5.41) is 2.73. The molecule has 0 fully saturated rings. The van der Waals surface area contributed by atoms with Crippen molar-refractivity contribution in [2.45, 2.75) is 26.9 Å². The first-order valence-electron chi connectivity index (χ1n) is 11.1. The van der Waals surface area contributed by atoms with E-state index in [-0.39, 0.29) is 24.3 Å². The smallest absolute Gasteiger partial charge is 0.278 e. The molecule has 2 heterocycles. The third-order valence-electron chi connectivity index (χ3n) is 5.64. The van der Waals surface area contributed by atoms with Gasteiger partial charge in [0.25, 0.3) is 11.8 Å². The number of pyridine rings is 1. The van der Waals surface area contributed by atoms with Crippen LogP contribution in [0.2, 0.25) is 0 Å². The number of aromatic nitrogens is 1. The summed E-state index contributed by atoms with van der Waals surface area (Å²) in [6.07, 6.45) is 3.29. The lowest BCUT2D eigenvalue weighted by molar-refractivity contribution is -0.138. The summed E-state index contributed by atoms with van der Waals surface area (Å²) in [7, 11) is 0. The van der Waals surface area contributed by atoms with Gasteiger partial charge in [-0.1, -0.05) is 42.5 Å². The molecule has 3 aromatic rings. The van der Waals surface area contributed by atoms with Gasteiger partial charge in [-0.3, -0.25) is 24.3 Å². The Morgan fingerprint density at radius 1 is 0.912 bits per heavy atom. The van der Waals surface area contributed by atoms with Gasteiger partial charge in [0.1, 0.15) is 5.70 Å². The SMILES string of the molecule is CCN(Cc1ccccc1)C1=C(c2ccc(NC(C)=O)cc2)C(=O)N(Cc2ccncc2)C1=O. The van der Waals surface area contributed by atoms with Crippen molar-refractivity contribution in [3.05, 3.63) is 102 Å². The number of nitrogens with zero attached hydrogens (tertiary/aromatic N) is 3. The number of benzene rings is 2. The second-order valence-corrected chi connectivity index (χ2v) is 8.03. The van der Waals surface area contributed by atoms with Crippen LogP contribution in [0.4, 0.5) is 5.69 Å². The Morgan fingerprint density at radius 2 is 1.59 bits per heavy atom. The van der Waals surface area contributed by atoms with Crippen LogP contribution < -0.4 is 5.32 Å². The fourth-order valence-electron chi connectivity index (χ4n) is 4.01. The Hall–Kier alpha value is -4.26. The highest BCUT2D eigenvalue weighted by atomic mass is 16.2. The number of carbonyl (C=O) groups is 3. The van der Waals surface area contributed by atoms with Gasteiger partial charge in [0.2, 0.25) is 5.91 Å². The summed E-state index contributed by atoms with van der Waals surface area (Å²) >= 11 is 0. The van der Waals surface area contributed by atoms with Crippen LogP contribution in [0.25, 0.3) is 5.57 Å². The quantitative estimate of drug-likeness (QED) is 0.523. The molecule has 2 aromatic carbocycles. The lowest BCUT2D eigenvalue weighted by Crippen LogP contribution is -2.34. The van der Waals surface area contributed by atoms with Gasteiger partial charge in [-0.05, 0) is 47.9 Å². The summed E-state index contributed by atoms with van der Waals surface area (Å²) in [5.74, 6) is -0.834. The molecule has 0 radical (unpaired) electrons. The van der Waals surface area contributed by atoms with E-state index in [2.05, 4.69) is 10.3 Å². The summed E-state index contributed by atoms with van der Waals surface area (Å²) in [5.41, 5.74) is 3.88. The topological polar surface area (TPSA) is 82.6 Å². The van der Waals surface area contributed by atoms with E-state index in [0.717, 1.165) is 11.1 Å². The zero-order chi connectivity index (χ0) is 24.1. The summed E-state index contributed by atoms with van der Waals surface area (Å²) in [6.45, 7) is 4.63. The van der Waals surface area contributed by atoms with Crippen LogP contribution in [-0.4, -0.2) is 39.1 Å². The van der Waals surface area contributed by atoms with Gasteiger partial charge >= 0.3 is 0 Å². The van der Waals surface area contributed by atoms with Crippen molar-refractivity contribution in [1.82, 2.24) is 14.8 Å². The maximum absolute atomic E-state index is 13.6. The third kappa shape index (κ3) is 4.88. The van der Waals surface area contributed by atoms with Crippen LogP contribution in [-0.2, 0) is 27.5 Å². The number of imide groups is 1. The number of rotatable bonds is 8. The van der Waals surface area contributed by atoms with E-state index in [1.165, 1.54) is 11.8 Å². The first kappa shape index (κ1) is 22.9. The number of nitrogens with one attached hydrogen (secondary N) is 1. The van der Waals surface area contributed by atoms with Crippen LogP contribution >= 0.6 is 0 Å². The number of anilines is 1. The number of likely N-dealkylation sites (N-methyl/N-ethyl adjacent to an activating group) is 1. The third-order valence-corrected chi connectivity index (χ3v) is 5.64. The van der Waals surface area contributed by atoms with E-state index >= 15 is 0 Å². The van der Waals surface area contributed by atoms with Crippen LogP contribution in [0.15, 0.2) is 84.8 Å². The molecule has 7 nitrogen and oxygen atoms in total. The highest BCUT2D eigenvalue weighted by molar-refractivity contribution is 6.35. The van der Waals surface area contributed by atoms with E-state index in [9.17, 15) is 14.4 Å². The molecule has 3 amide bonds. The molecule has 0 atom stereocenters. The van der Waals surface area contributed by atoms with Gasteiger partial charge in [-0.2, -0.15) is 0 Å². The van der Waals surface area contributed by atoms with Gasteiger partial charge in [-0.25, -0.2) is 0 Å². The fourth-order valence-corrected chi connectivity index (χ4v) is 4.01. The van der Waals surface area contributed by atoms with E-state index < -0.39 is 0 Å². The van der Waals surface area contributed by atoms with Gasteiger partial charge in [0, 0.05) is 38.1 Å². The van der Waals surface area contributed by atoms with Crippen molar-refractivity contribution in [2.24, 2.45) is 0 Å². The predicted molar refractivity (Wildman–Crippen MR) is 130 cm³/mol. The normalized spacial score (nSPS) is 13.4. The van der Waals surface area contributed by atoms with Crippen molar-refractivity contribution in [3.63, 3.8) is 0 Å².